The van der Waals surface area contributed by atoms with Crippen molar-refractivity contribution in [3.05, 3.63) is 52.3 Å². The lowest BCUT2D eigenvalue weighted by Gasteiger charge is -2.14. The van der Waals surface area contributed by atoms with Crippen molar-refractivity contribution < 1.29 is 14.3 Å². The van der Waals surface area contributed by atoms with Crippen molar-refractivity contribution in [2.45, 2.75) is 19.9 Å². The molecule has 6 heteroatoms. The van der Waals surface area contributed by atoms with Gasteiger partial charge in [-0.1, -0.05) is 13.0 Å². The predicted molar refractivity (Wildman–Crippen MR) is 91.9 cm³/mol. The summed E-state index contributed by atoms with van der Waals surface area (Å²) in [5.41, 5.74) is 1.29. The predicted octanol–water partition coefficient (Wildman–Crippen LogP) is 3.57. The van der Waals surface area contributed by atoms with E-state index in [1.165, 1.54) is 0 Å². The zero-order valence-corrected chi connectivity index (χ0v) is 14.7. The van der Waals surface area contributed by atoms with Crippen LogP contribution in [0.3, 0.4) is 0 Å². The van der Waals surface area contributed by atoms with Gasteiger partial charge in [-0.25, -0.2) is 0 Å². The zero-order chi connectivity index (χ0) is 16.7. The molecule has 0 aliphatic rings. The van der Waals surface area contributed by atoms with Gasteiger partial charge in [0.25, 0.3) is 5.91 Å². The molecule has 0 bridgehead atoms. The Balaban J connectivity index is 2.12. The van der Waals surface area contributed by atoms with Gasteiger partial charge in [-0.3, -0.25) is 9.78 Å². The topological polar surface area (TPSA) is 60.5 Å². The summed E-state index contributed by atoms with van der Waals surface area (Å²) in [7, 11) is 1.55. The monoisotopic (exact) mass is 378 g/mol. The molecule has 1 heterocycles. The summed E-state index contributed by atoms with van der Waals surface area (Å²) in [4.78, 5) is 16.5. The molecule has 0 saturated carbocycles. The van der Waals surface area contributed by atoms with Crippen LogP contribution in [0.1, 0.15) is 29.4 Å². The molecule has 0 aliphatic heterocycles. The largest absolute Gasteiger partial charge is 0.493 e. The first-order valence-corrected chi connectivity index (χ1v) is 8.13. The number of carbonyl (C=O) groups excluding carboxylic acids is 1. The maximum absolute atomic E-state index is 12.3. The van der Waals surface area contributed by atoms with E-state index in [4.69, 9.17) is 9.47 Å². The highest BCUT2D eigenvalue weighted by Crippen LogP contribution is 2.36. The Morgan fingerprint density at radius 3 is 2.83 bits per heavy atom. The minimum absolute atomic E-state index is 0.198. The van der Waals surface area contributed by atoms with Gasteiger partial charge in [-0.2, -0.15) is 0 Å². The van der Waals surface area contributed by atoms with E-state index < -0.39 is 0 Å². The summed E-state index contributed by atoms with van der Waals surface area (Å²) in [6, 6.07) is 8.97. The van der Waals surface area contributed by atoms with E-state index in [9.17, 15) is 4.79 Å². The Kier molecular flexibility index (Phi) is 6.40. The first kappa shape index (κ1) is 17.3. The molecule has 1 aromatic carbocycles. The third-order valence-corrected chi connectivity index (χ3v) is 3.69. The molecule has 1 aromatic heterocycles. The molecule has 23 heavy (non-hydrogen) atoms. The minimum Gasteiger partial charge on any atom is -0.493 e. The molecule has 1 N–H and O–H groups in total. The fraction of sp³-hybridized carbons (Fsp3) is 0.294. The van der Waals surface area contributed by atoms with Gasteiger partial charge in [-0.15, -0.1) is 0 Å². The van der Waals surface area contributed by atoms with Crippen LogP contribution in [0.4, 0.5) is 0 Å². The number of benzene rings is 1. The van der Waals surface area contributed by atoms with Gasteiger partial charge in [-0.05, 0) is 46.6 Å². The van der Waals surface area contributed by atoms with Crippen LogP contribution >= 0.6 is 15.9 Å². The van der Waals surface area contributed by atoms with E-state index >= 15 is 0 Å². The van der Waals surface area contributed by atoms with Gasteiger partial charge in [0.05, 0.1) is 30.4 Å². The van der Waals surface area contributed by atoms with Gasteiger partial charge < -0.3 is 14.8 Å². The molecule has 2 rings (SSSR count). The number of aromatic nitrogens is 1. The normalized spacial score (nSPS) is 10.2. The number of halogens is 1. The summed E-state index contributed by atoms with van der Waals surface area (Å²) < 4.78 is 11.7. The van der Waals surface area contributed by atoms with Crippen LogP contribution in [0.15, 0.2) is 41.0 Å². The number of nitrogens with zero attached hydrogens (tertiary/aromatic N) is 1. The van der Waals surface area contributed by atoms with E-state index in [0.717, 1.165) is 12.1 Å². The highest BCUT2D eigenvalue weighted by atomic mass is 79.9. The van der Waals surface area contributed by atoms with Crippen molar-refractivity contribution in [3.8, 4) is 11.5 Å². The van der Waals surface area contributed by atoms with E-state index in [1.807, 2.05) is 25.1 Å². The van der Waals surface area contributed by atoms with E-state index in [1.54, 1.807) is 25.4 Å². The fourth-order valence-corrected chi connectivity index (χ4v) is 2.53. The third kappa shape index (κ3) is 4.69. The maximum Gasteiger partial charge on any atom is 0.251 e. The van der Waals surface area contributed by atoms with Crippen molar-refractivity contribution in [1.82, 2.24) is 10.3 Å². The van der Waals surface area contributed by atoms with E-state index in [0.29, 0.717) is 34.7 Å². The standard InChI is InChI=1S/C17H19BrN2O3/c1-3-8-23-16-14(18)9-12(10-15(16)22-2)17(21)20-11-13-6-4-5-7-19-13/h4-7,9-10H,3,8,11H2,1-2H3,(H,20,21). The molecule has 0 saturated heterocycles. The Labute approximate surface area is 144 Å². The maximum atomic E-state index is 12.3. The second-order valence-corrected chi connectivity index (χ2v) is 5.70. The van der Waals surface area contributed by atoms with Crippen molar-refractivity contribution >= 4 is 21.8 Å². The molecule has 2 aromatic rings. The fourth-order valence-electron chi connectivity index (χ4n) is 1.97. The molecule has 0 aliphatic carbocycles. The lowest BCUT2D eigenvalue weighted by Crippen LogP contribution is -2.23. The van der Waals surface area contributed by atoms with Crippen molar-refractivity contribution in [2.75, 3.05) is 13.7 Å². The smallest absolute Gasteiger partial charge is 0.251 e. The number of ether oxygens (including phenoxy) is 2. The van der Waals surface area contributed by atoms with Gasteiger partial charge in [0.2, 0.25) is 0 Å². The number of amides is 1. The quantitative estimate of drug-likeness (QED) is 0.799. The summed E-state index contributed by atoms with van der Waals surface area (Å²) in [6.45, 7) is 2.98. The lowest BCUT2D eigenvalue weighted by molar-refractivity contribution is 0.0950. The minimum atomic E-state index is -0.198. The molecule has 0 fully saturated rings. The van der Waals surface area contributed by atoms with Crippen LogP contribution in [-0.4, -0.2) is 24.6 Å². The summed E-state index contributed by atoms with van der Waals surface area (Å²) >= 11 is 3.44. The van der Waals surface area contributed by atoms with Crippen molar-refractivity contribution in [2.24, 2.45) is 0 Å². The average Bonchev–Trinajstić information content (AvgIpc) is 2.58. The van der Waals surface area contributed by atoms with Crippen LogP contribution in [-0.2, 0) is 6.54 Å². The van der Waals surface area contributed by atoms with Crippen LogP contribution in [0.25, 0.3) is 0 Å². The van der Waals surface area contributed by atoms with E-state index in [-0.39, 0.29) is 5.91 Å². The molecule has 122 valence electrons. The molecule has 0 atom stereocenters. The second-order valence-electron chi connectivity index (χ2n) is 4.84. The second kappa shape index (κ2) is 8.53. The SMILES string of the molecule is CCCOc1c(Br)cc(C(=O)NCc2ccccn2)cc1OC. The Morgan fingerprint density at radius 2 is 2.17 bits per heavy atom. The Hall–Kier alpha value is -2.08. The highest BCUT2D eigenvalue weighted by molar-refractivity contribution is 9.10. The van der Waals surface area contributed by atoms with Gasteiger partial charge in [0, 0.05) is 11.8 Å². The number of hydrogen-bond acceptors (Lipinski definition) is 4. The lowest BCUT2D eigenvalue weighted by atomic mass is 10.2. The highest BCUT2D eigenvalue weighted by Gasteiger charge is 2.15. The van der Waals surface area contributed by atoms with Gasteiger partial charge in [0.15, 0.2) is 11.5 Å². The molecule has 0 unspecified atom stereocenters. The van der Waals surface area contributed by atoms with Crippen molar-refractivity contribution in [3.63, 3.8) is 0 Å². The van der Waals surface area contributed by atoms with Gasteiger partial charge >= 0.3 is 0 Å². The summed E-state index contributed by atoms with van der Waals surface area (Å²) in [5.74, 6) is 0.933. The Morgan fingerprint density at radius 1 is 1.35 bits per heavy atom. The number of carbonyl (C=O) groups is 1. The molecule has 1 amide bonds. The molecule has 0 spiro atoms. The number of rotatable bonds is 7. The van der Waals surface area contributed by atoms with Crippen LogP contribution < -0.4 is 14.8 Å². The number of hydrogen-bond donors (Lipinski definition) is 1. The summed E-state index contributed by atoms with van der Waals surface area (Å²) in [6.07, 6.45) is 2.59. The number of nitrogens with one attached hydrogen (secondary N) is 1. The van der Waals surface area contributed by atoms with Crippen LogP contribution in [0, 0.1) is 0 Å². The molecular formula is C17H19BrN2O3. The van der Waals surface area contributed by atoms with Crippen molar-refractivity contribution in [1.29, 1.82) is 0 Å². The first-order valence-electron chi connectivity index (χ1n) is 7.34. The van der Waals surface area contributed by atoms with Crippen LogP contribution in [0.2, 0.25) is 0 Å². The van der Waals surface area contributed by atoms with E-state index in [2.05, 4.69) is 26.2 Å². The molecular weight excluding hydrogens is 360 g/mol. The molecule has 0 radical (unpaired) electrons. The zero-order valence-electron chi connectivity index (χ0n) is 13.1. The molecule has 5 nitrogen and oxygen atoms in total. The Bertz CT molecular complexity index is 662. The van der Waals surface area contributed by atoms with Gasteiger partial charge in [0.1, 0.15) is 0 Å². The number of pyridine rings is 1. The average molecular weight is 379 g/mol. The third-order valence-electron chi connectivity index (χ3n) is 3.10. The summed E-state index contributed by atoms with van der Waals surface area (Å²) in [5, 5.41) is 2.84. The van der Waals surface area contributed by atoms with Crippen LogP contribution in [0.5, 0.6) is 11.5 Å². The number of methoxy groups -OCH3 is 1. The first-order chi connectivity index (χ1) is 11.2.